The second-order valence-corrected chi connectivity index (χ2v) is 25.7. The molecular weight excluding hydrogens is 1210 g/mol. The van der Waals surface area contributed by atoms with E-state index in [2.05, 4.69) is 351 Å². The van der Waals surface area contributed by atoms with Gasteiger partial charge in [0, 0.05) is 66.2 Å². The number of aromatic nitrogens is 5. The number of hydrogen-bond donors (Lipinski definition) is 0. The molecule has 0 amide bonds. The third-order valence-corrected chi connectivity index (χ3v) is 19.9. The van der Waals surface area contributed by atoms with E-state index in [9.17, 15) is 0 Å². The van der Waals surface area contributed by atoms with Gasteiger partial charge < -0.3 is 0 Å². The summed E-state index contributed by atoms with van der Waals surface area (Å²) in [4.78, 5) is 25.5. The molecule has 0 saturated carbocycles. The van der Waals surface area contributed by atoms with E-state index in [-0.39, 0.29) is 0 Å². The Morgan fingerprint density at radius 2 is 0.540 bits per heavy atom. The number of pyridine rings is 5. The number of fused-ring (bicyclic) bond motifs is 12. The number of rotatable bonds is 8. The van der Waals surface area contributed by atoms with Crippen molar-refractivity contribution in [3.63, 3.8) is 0 Å². The van der Waals surface area contributed by atoms with Gasteiger partial charge in [-0.15, -0.1) is 0 Å². The Bertz CT molecular complexity index is 6570. The summed E-state index contributed by atoms with van der Waals surface area (Å²) in [5.74, 6) is 0. The molecule has 5 aromatic heterocycles. The van der Waals surface area contributed by atoms with Gasteiger partial charge >= 0.3 is 0 Å². The van der Waals surface area contributed by atoms with Crippen LogP contribution < -0.4 is 0 Å². The van der Waals surface area contributed by atoms with Gasteiger partial charge in [-0.05, 0) is 143 Å². The van der Waals surface area contributed by atoms with Gasteiger partial charge in [0.15, 0.2) is 0 Å². The lowest BCUT2D eigenvalue weighted by atomic mass is 9.85. The van der Waals surface area contributed by atoms with Gasteiger partial charge in [-0.3, -0.25) is 4.98 Å². The van der Waals surface area contributed by atoms with Gasteiger partial charge in [-0.1, -0.05) is 297 Å². The first-order valence-corrected chi connectivity index (χ1v) is 34.0. The van der Waals surface area contributed by atoms with E-state index in [1.807, 2.05) is 12.3 Å². The molecular formula is C95H59N5. The molecule has 5 heteroatoms. The zero-order chi connectivity index (χ0) is 66.0. The van der Waals surface area contributed by atoms with Crippen LogP contribution in [-0.4, -0.2) is 24.9 Å². The van der Waals surface area contributed by atoms with Crippen LogP contribution in [-0.2, 0) is 0 Å². The highest BCUT2D eigenvalue weighted by atomic mass is 14.8. The lowest BCUT2D eigenvalue weighted by Crippen LogP contribution is -1.93. The standard InChI is InChI=1S/C52H32N2.C43H27N3/c1-2-14-34(15-3-1)48-44-23-10-11-24-47(44)54-52-45(48)29-27-35-28-30-46(53-51(35)52)37-17-12-18-38(32-37)49-40-19-6-8-21-42(40)50(43-22-9-7-20-41(43)49)39-26-25-33-13-4-5-16-36(33)31-39;1-2-7-32(8-3-1)41-36-10-4-5-11-40(36)46-43-37(41)23-20-33-21-25-39(45-42(33)43)31-18-16-29(17-19-31)28-12-14-30(15-13-28)34-22-24-38-35(27-34)9-6-26-44-38/h1-32H;1-27H. The molecule has 0 fully saturated rings. The third kappa shape index (κ3) is 10.2. The fraction of sp³-hybridized carbons (Fsp3) is 0. The SMILES string of the molecule is c1ccc(-c2c3ccccc3nc3c2ccc2ccc(-c4ccc(-c5ccc(-c6ccc7ncccc7c6)cc5)cc4)nc23)cc1.c1ccc(-c2c3ccccc3nc3c2ccc2ccc(-c4cccc(-c5c6ccccc6c(-c6ccc7ccccc7c6)c6ccccc56)c4)nc23)cc1. The molecule has 0 atom stereocenters. The van der Waals surface area contributed by atoms with E-state index in [0.29, 0.717) is 0 Å². The van der Waals surface area contributed by atoms with E-state index in [0.717, 1.165) is 98.8 Å². The average Bonchev–Trinajstić information content (AvgIpc) is 0.748. The maximum absolute atomic E-state index is 5.39. The molecule has 0 bridgehead atoms. The first kappa shape index (κ1) is 58.0. The highest BCUT2D eigenvalue weighted by Gasteiger charge is 2.21. The van der Waals surface area contributed by atoms with Crippen molar-refractivity contribution in [2.45, 2.75) is 0 Å². The number of nitrogens with zero attached hydrogens (tertiary/aromatic N) is 5. The van der Waals surface area contributed by atoms with Gasteiger partial charge in [-0.25, -0.2) is 19.9 Å². The minimum Gasteiger partial charge on any atom is -0.256 e. The quantitative estimate of drug-likeness (QED) is 0.112. The van der Waals surface area contributed by atoms with E-state index >= 15 is 0 Å². The van der Waals surface area contributed by atoms with Crippen molar-refractivity contribution >= 4 is 109 Å². The van der Waals surface area contributed by atoms with Gasteiger partial charge in [-0.2, -0.15) is 0 Å². The number of hydrogen-bond acceptors (Lipinski definition) is 5. The van der Waals surface area contributed by atoms with Crippen molar-refractivity contribution in [1.82, 2.24) is 24.9 Å². The number of benzene rings is 15. The molecule has 0 aliphatic heterocycles. The second kappa shape index (κ2) is 24.4. The van der Waals surface area contributed by atoms with Crippen LogP contribution in [0.2, 0.25) is 0 Å². The zero-order valence-corrected chi connectivity index (χ0v) is 54.3. The van der Waals surface area contributed by atoms with E-state index in [4.69, 9.17) is 19.9 Å². The molecule has 0 radical (unpaired) electrons. The van der Waals surface area contributed by atoms with Crippen LogP contribution in [0, 0.1) is 0 Å². The fourth-order valence-electron chi connectivity index (χ4n) is 15.1. The minimum atomic E-state index is 0.911. The van der Waals surface area contributed by atoms with Crippen molar-refractivity contribution in [1.29, 1.82) is 0 Å². The first-order chi connectivity index (χ1) is 49.6. The molecule has 464 valence electrons. The summed E-state index contributed by atoms with van der Waals surface area (Å²) in [5, 5.41) is 15.3. The van der Waals surface area contributed by atoms with Crippen LogP contribution in [0.25, 0.3) is 198 Å². The highest BCUT2D eigenvalue weighted by Crippen LogP contribution is 2.46. The van der Waals surface area contributed by atoms with Crippen molar-refractivity contribution < 1.29 is 0 Å². The summed E-state index contributed by atoms with van der Waals surface area (Å²) in [6.45, 7) is 0. The monoisotopic (exact) mass is 1270 g/mol. The van der Waals surface area contributed by atoms with Crippen molar-refractivity contribution in [2.24, 2.45) is 0 Å². The van der Waals surface area contributed by atoms with Gasteiger partial charge in [0.25, 0.3) is 0 Å². The summed E-state index contributed by atoms with van der Waals surface area (Å²) in [7, 11) is 0. The Morgan fingerprint density at radius 3 is 1.10 bits per heavy atom. The molecule has 0 unspecified atom stereocenters. The maximum Gasteiger partial charge on any atom is 0.0978 e. The summed E-state index contributed by atoms with van der Waals surface area (Å²) in [6, 6.07) is 125. The third-order valence-electron chi connectivity index (χ3n) is 19.9. The smallest absolute Gasteiger partial charge is 0.0978 e. The van der Waals surface area contributed by atoms with Crippen LogP contribution in [0.4, 0.5) is 0 Å². The molecule has 0 spiro atoms. The highest BCUT2D eigenvalue weighted by molar-refractivity contribution is 6.23. The second-order valence-electron chi connectivity index (χ2n) is 25.7. The number of para-hydroxylation sites is 2. The van der Waals surface area contributed by atoms with E-state index < -0.39 is 0 Å². The minimum absolute atomic E-state index is 0.911. The summed E-state index contributed by atoms with van der Waals surface area (Å²) >= 11 is 0. The molecule has 5 nitrogen and oxygen atoms in total. The molecule has 0 saturated heterocycles. The molecule has 0 aliphatic rings. The Balaban J connectivity index is 0.000000141. The van der Waals surface area contributed by atoms with Crippen LogP contribution in [0.3, 0.4) is 0 Å². The summed E-state index contributed by atoms with van der Waals surface area (Å²) in [6.07, 6.45) is 1.83. The topological polar surface area (TPSA) is 64.5 Å². The van der Waals surface area contributed by atoms with Crippen molar-refractivity contribution in [3.05, 3.63) is 358 Å². The van der Waals surface area contributed by atoms with Crippen LogP contribution >= 0.6 is 0 Å². The zero-order valence-electron chi connectivity index (χ0n) is 54.3. The van der Waals surface area contributed by atoms with Crippen molar-refractivity contribution in [3.8, 4) is 89.3 Å². The Kier molecular flexibility index (Phi) is 14.2. The maximum atomic E-state index is 5.39. The normalized spacial score (nSPS) is 11.6. The summed E-state index contributed by atoms with van der Waals surface area (Å²) in [5.41, 5.74) is 25.0. The predicted molar refractivity (Wildman–Crippen MR) is 420 cm³/mol. The van der Waals surface area contributed by atoms with Gasteiger partial charge in [0.2, 0.25) is 0 Å². The van der Waals surface area contributed by atoms with Gasteiger partial charge in [0.1, 0.15) is 0 Å². The molecule has 20 rings (SSSR count). The lowest BCUT2D eigenvalue weighted by Gasteiger charge is -2.18. The molecule has 5 heterocycles. The Hall–Kier alpha value is -13.4. The molecule has 100 heavy (non-hydrogen) atoms. The largest absolute Gasteiger partial charge is 0.256 e. The Labute approximate surface area is 577 Å². The molecule has 15 aromatic carbocycles. The Morgan fingerprint density at radius 1 is 0.160 bits per heavy atom. The van der Waals surface area contributed by atoms with E-state index in [1.165, 1.54) is 99.1 Å². The predicted octanol–water partition coefficient (Wildman–Crippen LogP) is 25.2. The van der Waals surface area contributed by atoms with Crippen molar-refractivity contribution in [2.75, 3.05) is 0 Å². The van der Waals surface area contributed by atoms with Crippen LogP contribution in [0.5, 0.6) is 0 Å². The molecule has 0 aliphatic carbocycles. The van der Waals surface area contributed by atoms with Crippen LogP contribution in [0.15, 0.2) is 358 Å². The average molecular weight is 1270 g/mol. The van der Waals surface area contributed by atoms with E-state index in [1.54, 1.807) is 0 Å². The molecule has 20 aromatic rings. The van der Waals surface area contributed by atoms with Crippen LogP contribution in [0.1, 0.15) is 0 Å². The first-order valence-electron chi connectivity index (χ1n) is 34.0. The molecule has 0 N–H and O–H groups in total. The summed E-state index contributed by atoms with van der Waals surface area (Å²) < 4.78 is 0. The fourth-order valence-corrected chi connectivity index (χ4v) is 15.1. The van der Waals surface area contributed by atoms with Gasteiger partial charge in [0.05, 0.1) is 50.0 Å². The lowest BCUT2D eigenvalue weighted by molar-refractivity contribution is 1.39.